The molecule has 1 N–H and O–H groups in total. The number of nitro benzene ring substituents is 1. The molecule has 164 valence electrons. The third-order valence-electron chi connectivity index (χ3n) is 4.26. The maximum atomic E-state index is 12.0. The first kappa shape index (κ1) is 23.6. The molecule has 0 atom stereocenters. The Bertz CT molecular complexity index is 989. The number of nitro groups is 1. The summed E-state index contributed by atoms with van der Waals surface area (Å²) in [5.41, 5.74) is 3.35. The third kappa shape index (κ3) is 6.48. The highest BCUT2D eigenvalue weighted by molar-refractivity contribution is 9.11. The molecular formula is C19H17Br3N4O5. The monoisotopic (exact) mass is 618 g/mol. The number of carbonyl (C=O) groups excluding carboxylic acids is 1. The largest absolute Gasteiger partial charge is 0.481 e. The van der Waals surface area contributed by atoms with Gasteiger partial charge in [0.15, 0.2) is 6.61 Å². The van der Waals surface area contributed by atoms with Crippen LogP contribution in [0.4, 0.5) is 11.4 Å². The van der Waals surface area contributed by atoms with Crippen LogP contribution in [0, 0.1) is 10.1 Å². The van der Waals surface area contributed by atoms with Crippen molar-refractivity contribution in [2.24, 2.45) is 5.10 Å². The molecule has 0 unspecified atom stereocenters. The molecular weight excluding hydrogens is 604 g/mol. The molecule has 1 saturated heterocycles. The van der Waals surface area contributed by atoms with E-state index in [9.17, 15) is 14.9 Å². The molecule has 1 aliphatic heterocycles. The minimum Gasteiger partial charge on any atom is -0.481 e. The standard InChI is InChI=1S/C19H17Br3N4O5/c20-13-8-14(21)19(15(22)9-13)31-11-18(27)24-23-10-12-1-2-16(17(7-12)26(28)29)25-3-5-30-6-4-25/h1-2,7-10H,3-6,11H2,(H,24,27)/b23-10+. The van der Waals surface area contributed by atoms with Gasteiger partial charge in [0, 0.05) is 29.2 Å². The van der Waals surface area contributed by atoms with Crippen LogP contribution in [-0.2, 0) is 9.53 Å². The van der Waals surface area contributed by atoms with E-state index in [-0.39, 0.29) is 12.3 Å². The SMILES string of the molecule is O=C(COc1c(Br)cc(Br)cc1Br)N/N=C/c1ccc(N2CCOCC2)c([N+](=O)[O-])c1. The molecule has 0 spiro atoms. The molecule has 1 fully saturated rings. The van der Waals surface area contributed by atoms with Crippen LogP contribution >= 0.6 is 47.8 Å². The van der Waals surface area contributed by atoms with Crippen LogP contribution < -0.4 is 15.1 Å². The van der Waals surface area contributed by atoms with Gasteiger partial charge in [0.25, 0.3) is 11.6 Å². The average molecular weight is 621 g/mol. The van der Waals surface area contributed by atoms with Gasteiger partial charge >= 0.3 is 0 Å². The molecule has 0 aromatic heterocycles. The second-order valence-corrected chi connectivity index (χ2v) is 9.01. The molecule has 2 aromatic rings. The van der Waals surface area contributed by atoms with Crippen molar-refractivity contribution in [3.05, 3.63) is 59.4 Å². The number of carbonyl (C=O) groups is 1. The van der Waals surface area contributed by atoms with Gasteiger partial charge in [-0.2, -0.15) is 5.10 Å². The van der Waals surface area contributed by atoms with E-state index < -0.39 is 10.8 Å². The van der Waals surface area contributed by atoms with Crippen molar-refractivity contribution >= 4 is 71.3 Å². The summed E-state index contributed by atoms with van der Waals surface area (Å²) in [7, 11) is 0. The summed E-state index contributed by atoms with van der Waals surface area (Å²) >= 11 is 10.1. The number of hydrogen-bond acceptors (Lipinski definition) is 7. The van der Waals surface area contributed by atoms with E-state index in [1.807, 2.05) is 4.90 Å². The minimum absolute atomic E-state index is 0.0227. The second-order valence-electron chi connectivity index (χ2n) is 6.39. The van der Waals surface area contributed by atoms with Gasteiger partial charge < -0.3 is 14.4 Å². The first-order chi connectivity index (χ1) is 14.8. The summed E-state index contributed by atoms with van der Waals surface area (Å²) in [5.74, 6) is 0.00839. The van der Waals surface area contributed by atoms with E-state index >= 15 is 0 Å². The van der Waals surface area contributed by atoms with E-state index in [0.717, 1.165) is 4.47 Å². The molecule has 1 aliphatic rings. The molecule has 31 heavy (non-hydrogen) atoms. The molecule has 3 rings (SSSR count). The van der Waals surface area contributed by atoms with Crippen LogP contribution in [0.3, 0.4) is 0 Å². The quantitative estimate of drug-likeness (QED) is 0.282. The highest BCUT2D eigenvalue weighted by atomic mass is 79.9. The fourth-order valence-electron chi connectivity index (χ4n) is 2.85. The van der Waals surface area contributed by atoms with E-state index in [1.165, 1.54) is 12.3 Å². The minimum atomic E-state index is -0.475. The van der Waals surface area contributed by atoms with Crippen molar-refractivity contribution in [1.82, 2.24) is 5.43 Å². The zero-order chi connectivity index (χ0) is 22.4. The Morgan fingerprint density at radius 1 is 1.23 bits per heavy atom. The summed E-state index contributed by atoms with van der Waals surface area (Å²) in [5, 5.41) is 15.4. The Balaban J connectivity index is 1.60. The number of ether oxygens (including phenoxy) is 2. The summed E-state index contributed by atoms with van der Waals surface area (Å²) in [4.78, 5) is 25.0. The van der Waals surface area contributed by atoms with Crippen LogP contribution in [0.15, 0.2) is 48.9 Å². The van der Waals surface area contributed by atoms with E-state index in [0.29, 0.717) is 52.2 Å². The molecule has 12 heteroatoms. The number of anilines is 1. The lowest BCUT2D eigenvalue weighted by Gasteiger charge is -2.28. The molecule has 9 nitrogen and oxygen atoms in total. The van der Waals surface area contributed by atoms with Crippen LogP contribution in [0.2, 0.25) is 0 Å². The summed E-state index contributed by atoms with van der Waals surface area (Å²) in [6, 6.07) is 8.40. The maximum absolute atomic E-state index is 12.0. The lowest BCUT2D eigenvalue weighted by Crippen LogP contribution is -2.36. The normalized spacial score (nSPS) is 14.0. The number of benzene rings is 2. The Kier molecular flexibility index (Phi) is 8.41. The topological polar surface area (TPSA) is 106 Å². The number of halogens is 3. The summed E-state index contributed by atoms with van der Waals surface area (Å²) in [6.45, 7) is 1.99. The van der Waals surface area contributed by atoms with Crippen molar-refractivity contribution in [2.45, 2.75) is 0 Å². The average Bonchev–Trinajstić information content (AvgIpc) is 2.73. The van der Waals surface area contributed by atoms with Gasteiger partial charge in [-0.15, -0.1) is 0 Å². The van der Waals surface area contributed by atoms with E-state index in [2.05, 4.69) is 58.3 Å². The predicted molar refractivity (Wildman–Crippen MR) is 127 cm³/mol. The molecule has 2 aromatic carbocycles. The lowest BCUT2D eigenvalue weighted by molar-refractivity contribution is -0.384. The molecule has 0 saturated carbocycles. The fourth-order valence-corrected chi connectivity index (χ4v) is 5.34. The first-order valence-corrected chi connectivity index (χ1v) is 11.4. The number of hydrogen-bond donors (Lipinski definition) is 1. The Morgan fingerprint density at radius 3 is 2.55 bits per heavy atom. The van der Waals surface area contributed by atoms with E-state index in [4.69, 9.17) is 9.47 Å². The fraction of sp³-hybridized carbons (Fsp3) is 0.263. The van der Waals surface area contributed by atoms with Crippen LogP contribution in [0.1, 0.15) is 5.56 Å². The number of rotatable bonds is 7. The van der Waals surface area contributed by atoms with Gasteiger partial charge in [-0.3, -0.25) is 14.9 Å². The van der Waals surface area contributed by atoms with Crippen molar-refractivity contribution in [3.63, 3.8) is 0 Å². The van der Waals surface area contributed by atoms with Crippen molar-refractivity contribution in [1.29, 1.82) is 0 Å². The summed E-state index contributed by atoms with van der Waals surface area (Å²) in [6.07, 6.45) is 1.35. The summed E-state index contributed by atoms with van der Waals surface area (Å²) < 4.78 is 13.0. The first-order valence-electron chi connectivity index (χ1n) is 9.05. The van der Waals surface area contributed by atoms with Gasteiger partial charge in [-0.1, -0.05) is 22.0 Å². The van der Waals surface area contributed by atoms with Gasteiger partial charge in [-0.05, 0) is 50.1 Å². The van der Waals surface area contributed by atoms with Crippen molar-refractivity contribution in [3.8, 4) is 5.75 Å². The highest BCUT2D eigenvalue weighted by Crippen LogP contribution is 2.36. The van der Waals surface area contributed by atoms with Crippen LogP contribution in [0.25, 0.3) is 0 Å². The Labute approximate surface area is 203 Å². The van der Waals surface area contributed by atoms with Gasteiger partial charge in [-0.25, -0.2) is 5.43 Å². The Morgan fingerprint density at radius 2 is 1.90 bits per heavy atom. The number of hydrazone groups is 1. The molecule has 1 amide bonds. The second kappa shape index (κ2) is 11.0. The van der Waals surface area contributed by atoms with Crippen LogP contribution in [-0.4, -0.2) is 50.0 Å². The lowest BCUT2D eigenvalue weighted by atomic mass is 10.1. The third-order valence-corrected chi connectivity index (χ3v) is 5.90. The molecule has 0 bridgehead atoms. The Hall–Kier alpha value is -2.02. The van der Waals surface area contributed by atoms with Crippen molar-refractivity contribution < 1.29 is 19.2 Å². The zero-order valence-electron chi connectivity index (χ0n) is 16.0. The van der Waals surface area contributed by atoms with Crippen molar-refractivity contribution in [2.75, 3.05) is 37.8 Å². The number of amides is 1. The van der Waals surface area contributed by atoms with Gasteiger partial charge in [0.2, 0.25) is 0 Å². The van der Waals surface area contributed by atoms with Gasteiger partial charge in [0.05, 0.1) is 33.3 Å². The molecule has 1 heterocycles. The highest BCUT2D eigenvalue weighted by Gasteiger charge is 2.21. The van der Waals surface area contributed by atoms with E-state index in [1.54, 1.807) is 24.3 Å². The number of morpholine rings is 1. The maximum Gasteiger partial charge on any atom is 0.293 e. The van der Waals surface area contributed by atoms with Crippen LogP contribution in [0.5, 0.6) is 5.75 Å². The number of nitrogens with zero attached hydrogens (tertiary/aromatic N) is 3. The molecule has 0 aliphatic carbocycles. The van der Waals surface area contributed by atoms with Gasteiger partial charge in [0.1, 0.15) is 11.4 Å². The smallest absolute Gasteiger partial charge is 0.293 e. The molecule has 0 radical (unpaired) electrons. The predicted octanol–water partition coefficient (Wildman–Crippen LogP) is 4.25. The number of nitrogens with one attached hydrogen (secondary N) is 1. The zero-order valence-corrected chi connectivity index (χ0v) is 20.8.